The van der Waals surface area contributed by atoms with Crippen molar-refractivity contribution in [2.24, 2.45) is 7.05 Å². The Morgan fingerprint density at radius 3 is 2.68 bits per heavy atom. The smallest absolute Gasteiger partial charge is 0.248 e. The molecule has 2 aromatic heterocycles. The highest BCUT2D eigenvalue weighted by Gasteiger charge is 2.30. The summed E-state index contributed by atoms with van der Waals surface area (Å²) in [5.41, 5.74) is 6.41. The fourth-order valence-electron chi connectivity index (χ4n) is 4.06. The Labute approximate surface area is 163 Å². The Hall–Kier alpha value is -3.15. The van der Waals surface area contributed by atoms with Crippen LogP contribution in [0.4, 0.5) is 0 Å². The monoisotopic (exact) mass is 374 g/mol. The Morgan fingerprint density at radius 2 is 1.93 bits per heavy atom. The van der Waals surface area contributed by atoms with Crippen LogP contribution in [0.2, 0.25) is 0 Å². The number of nitrogens with zero attached hydrogens (tertiary/aromatic N) is 4. The Morgan fingerprint density at radius 1 is 1.11 bits per heavy atom. The van der Waals surface area contributed by atoms with Crippen LogP contribution in [0.15, 0.2) is 34.7 Å². The number of hydrogen-bond acceptors (Lipinski definition) is 5. The molecule has 0 radical (unpaired) electrons. The maximum Gasteiger partial charge on any atom is 0.248 e. The van der Waals surface area contributed by atoms with E-state index in [-0.39, 0.29) is 6.10 Å². The van der Waals surface area contributed by atoms with Gasteiger partial charge in [0.15, 0.2) is 5.75 Å². The van der Waals surface area contributed by atoms with Gasteiger partial charge in [-0.25, -0.2) is 4.98 Å². The van der Waals surface area contributed by atoms with Crippen LogP contribution in [0.3, 0.4) is 0 Å². The van der Waals surface area contributed by atoms with Gasteiger partial charge in [0.2, 0.25) is 11.8 Å². The van der Waals surface area contributed by atoms with E-state index < -0.39 is 0 Å². The van der Waals surface area contributed by atoms with Crippen molar-refractivity contribution < 1.29 is 9.15 Å². The zero-order valence-corrected chi connectivity index (χ0v) is 16.5. The summed E-state index contributed by atoms with van der Waals surface area (Å²) in [6.45, 7) is 5.94. The molecular formula is C22H22N4O2. The molecule has 1 atom stereocenters. The van der Waals surface area contributed by atoms with Crippen LogP contribution in [0, 0.1) is 20.8 Å². The summed E-state index contributed by atoms with van der Waals surface area (Å²) in [5, 5.41) is 8.27. The standard InChI is InChI=1S/C22H22N4O2/c1-12-7-5-6-8-15(12)19-10-9-16-17(22-25-24-14(3)27-22)11-18-20(21(16)28-19)23-13(2)26(18)4/h5-8,11,19H,9-10H2,1-4H3/t19-/m0/s1. The molecule has 1 aliphatic heterocycles. The topological polar surface area (TPSA) is 66.0 Å². The minimum atomic E-state index is 0.0129. The minimum Gasteiger partial charge on any atom is -0.483 e. The van der Waals surface area contributed by atoms with Gasteiger partial charge in [-0.05, 0) is 43.9 Å². The third-order valence-electron chi connectivity index (χ3n) is 5.67. The van der Waals surface area contributed by atoms with Crippen molar-refractivity contribution in [1.82, 2.24) is 19.7 Å². The molecule has 0 aliphatic carbocycles. The summed E-state index contributed by atoms with van der Waals surface area (Å²) < 4.78 is 14.4. The quantitative estimate of drug-likeness (QED) is 0.512. The minimum absolute atomic E-state index is 0.0129. The molecule has 142 valence electrons. The van der Waals surface area contributed by atoms with E-state index in [4.69, 9.17) is 14.1 Å². The molecule has 0 fully saturated rings. The molecule has 5 rings (SSSR count). The highest BCUT2D eigenvalue weighted by molar-refractivity contribution is 5.90. The predicted octanol–water partition coefficient (Wildman–Crippen LogP) is 4.61. The van der Waals surface area contributed by atoms with Crippen molar-refractivity contribution in [3.05, 3.63) is 58.7 Å². The summed E-state index contributed by atoms with van der Waals surface area (Å²) in [6.07, 6.45) is 1.78. The first-order chi connectivity index (χ1) is 13.5. The predicted molar refractivity (Wildman–Crippen MR) is 106 cm³/mol. The first kappa shape index (κ1) is 17.0. The lowest BCUT2D eigenvalue weighted by Gasteiger charge is -2.28. The fourth-order valence-corrected chi connectivity index (χ4v) is 4.06. The van der Waals surface area contributed by atoms with Crippen LogP contribution in [0.5, 0.6) is 5.75 Å². The summed E-state index contributed by atoms with van der Waals surface area (Å²) >= 11 is 0. The average molecular weight is 374 g/mol. The first-order valence-corrected chi connectivity index (χ1v) is 9.54. The molecule has 2 aromatic carbocycles. The molecule has 0 unspecified atom stereocenters. The van der Waals surface area contributed by atoms with Crippen molar-refractivity contribution in [3.63, 3.8) is 0 Å². The number of imidazole rings is 1. The maximum absolute atomic E-state index is 6.58. The molecule has 4 aromatic rings. The number of aromatic nitrogens is 4. The highest BCUT2D eigenvalue weighted by atomic mass is 16.5. The van der Waals surface area contributed by atoms with Crippen molar-refractivity contribution in [3.8, 4) is 17.2 Å². The molecule has 28 heavy (non-hydrogen) atoms. The number of aryl methyl sites for hydroxylation is 4. The zero-order chi connectivity index (χ0) is 19.4. The average Bonchev–Trinajstić information content (AvgIpc) is 3.25. The SMILES string of the molecule is Cc1nnc(-c2cc3c(nc(C)n3C)c3c2CC[C@@H](c2ccccc2C)O3)o1. The van der Waals surface area contributed by atoms with Crippen molar-refractivity contribution in [2.75, 3.05) is 0 Å². The molecule has 0 bridgehead atoms. The van der Waals surface area contributed by atoms with Gasteiger partial charge in [-0.2, -0.15) is 0 Å². The number of hydrogen-bond donors (Lipinski definition) is 0. The summed E-state index contributed by atoms with van der Waals surface area (Å²) in [6, 6.07) is 10.5. The van der Waals surface area contributed by atoms with E-state index in [2.05, 4.69) is 52.0 Å². The first-order valence-electron chi connectivity index (χ1n) is 9.54. The Kier molecular flexibility index (Phi) is 3.75. The molecular weight excluding hydrogens is 352 g/mol. The lowest BCUT2D eigenvalue weighted by atomic mass is 9.92. The third kappa shape index (κ3) is 2.52. The molecule has 0 N–H and O–H groups in total. The van der Waals surface area contributed by atoms with E-state index in [1.165, 1.54) is 11.1 Å². The second-order valence-electron chi connectivity index (χ2n) is 7.45. The van der Waals surface area contributed by atoms with Gasteiger partial charge in [0.05, 0.1) is 5.52 Å². The van der Waals surface area contributed by atoms with Gasteiger partial charge in [-0.15, -0.1) is 10.2 Å². The van der Waals surface area contributed by atoms with Gasteiger partial charge < -0.3 is 13.7 Å². The highest BCUT2D eigenvalue weighted by Crippen LogP contribution is 2.44. The van der Waals surface area contributed by atoms with Gasteiger partial charge in [-0.1, -0.05) is 24.3 Å². The lowest BCUT2D eigenvalue weighted by molar-refractivity contribution is 0.178. The van der Waals surface area contributed by atoms with Crippen molar-refractivity contribution in [2.45, 2.75) is 39.7 Å². The Balaban J connectivity index is 1.72. The van der Waals surface area contributed by atoms with Gasteiger partial charge in [0, 0.05) is 25.1 Å². The van der Waals surface area contributed by atoms with Crippen LogP contribution < -0.4 is 4.74 Å². The van der Waals surface area contributed by atoms with Gasteiger partial charge >= 0.3 is 0 Å². The maximum atomic E-state index is 6.58. The number of rotatable bonds is 2. The van der Waals surface area contributed by atoms with Crippen molar-refractivity contribution in [1.29, 1.82) is 0 Å². The largest absolute Gasteiger partial charge is 0.483 e. The molecule has 1 aliphatic rings. The number of benzene rings is 2. The van der Waals surface area contributed by atoms with Crippen LogP contribution in [-0.2, 0) is 13.5 Å². The molecule has 0 saturated carbocycles. The second-order valence-corrected chi connectivity index (χ2v) is 7.45. The van der Waals surface area contributed by atoms with E-state index in [9.17, 15) is 0 Å². The normalized spacial score (nSPS) is 16.2. The van der Waals surface area contributed by atoms with E-state index >= 15 is 0 Å². The van der Waals surface area contributed by atoms with Gasteiger partial charge in [0.1, 0.15) is 17.4 Å². The summed E-state index contributed by atoms with van der Waals surface area (Å²) in [4.78, 5) is 4.79. The summed E-state index contributed by atoms with van der Waals surface area (Å²) in [5.74, 6) is 2.87. The Bertz CT molecular complexity index is 1200. The number of ether oxygens (including phenoxy) is 1. The van der Waals surface area contributed by atoms with E-state index in [0.717, 1.165) is 46.6 Å². The van der Waals surface area contributed by atoms with E-state index in [1.54, 1.807) is 6.92 Å². The molecule has 6 nitrogen and oxygen atoms in total. The lowest BCUT2D eigenvalue weighted by Crippen LogP contribution is -2.17. The van der Waals surface area contributed by atoms with E-state index in [0.29, 0.717) is 11.8 Å². The van der Waals surface area contributed by atoms with Gasteiger partial charge in [0.25, 0.3) is 0 Å². The van der Waals surface area contributed by atoms with E-state index in [1.807, 2.05) is 14.0 Å². The molecule has 0 amide bonds. The zero-order valence-electron chi connectivity index (χ0n) is 16.5. The van der Waals surface area contributed by atoms with Crippen LogP contribution in [-0.4, -0.2) is 19.7 Å². The van der Waals surface area contributed by atoms with Crippen LogP contribution in [0.25, 0.3) is 22.5 Å². The third-order valence-corrected chi connectivity index (χ3v) is 5.67. The number of fused-ring (bicyclic) bond motifs is 3. The molecule has 6 heteroatoms. The molecule has 0 spiro atoms. The van der Waals surface area contributed by atoms with Crippen molar-refractivity contribution >= 4 is 11.0 Å². The van der Waals surface area contributed by atoms with Gasteiger partial charge in [-0.3, -0.25) is 0 Å². The van der Waals surface area contributed by atoms with Crippen LogP contribution in [0.1, 0.15) is 40.9 Å². The molecule has 0 saturated heterocycles. The summed E-state index contributed by atoms with van der Waals surface area (Å²) in [7, 11) is 2.02. The fraction of sp³-hybridized carbons (Fsp3) is 0.318. The van der Waals surface area contributed by atoms with Crippen LogP contribution >= 0.6 is 0 Å². The molecule has 3 heterocycles. The second kappa shape index (κ2) is 6.19.